The second-order valence-corrected chi connectivity index (χ2v) is 10.7. The van der Waals surface area contributed by atoms with Crippen LogP contribution in [0.25, 0.3) is 0 Å². The zero-order chi connectivity index (χ0) is 25.0. The van der Waals surface area contributed by atoms with Crippen molar-refractivity contribution in [1.82, 2.24) is 0 Å². The van der Waals surface area contributed by atoms with Gasteiger partial charge < -0.3 is 20.1 Å². The molecule has 3 aliphatic rings. The summed E-state index contributed by atoms with van der Waals surface area (Å²) in [5.41, 5.74) is 0.856. The predicted molar refractivity (Wildman–Crippen MR) is 132 cm³/mol. The summed E-state index contributed by atoms with van der Waals surface area (Å²) in [7, 11) is 1.51. The molecular formula is C29H38O6. The highest BCUT2D eigenvalue weighted by molar-refractivity contribution is 5.89. The van der Waals surface area contributed by atoms with Crippen LogP contribution in [0.15, 0.2) is 12.1 Å². The first kappa shape index (κ1) is 25.7. The molecule has 0 unspecified atom stereocenters. The average molecular weight is 483 g/mol. The molecule has 1 aromatic rings. The summed E-state index contributed by atoms with van der Waals surface area (Å²) in [6.45, 7) is 0. The number of hydrogen-bond acceptors (Lipinski definition) is 6. The molecule has 1 spiro atoms. The number of benzene rings is 1. The third kappa shape index (κ3) is 5.73. The van der Waals surface area contributed by atoms with Crippen LogP contribution in [-0.2, 0) is 22.4 Å². The Morgan fingerprint density at radius 2 is 1.86 bits per heavy atom. The molecule has 5 atom stereocenters. The number of methoxy groups -OCH3 is 1. The highest BCUT2D eigenvalue weighted by Gasteiger charge is 2.47. The van der Waals surface area contributed by atoms with E-state index in [1.807, 2.05) is 0 Å². The lowest BCUT2D eigenvalue weighted by Crippen LogP contribution is -2.46. The SMILES string of the molecule is COc1cc2c(cc1O)CC#C[C@@]1(CC[C@@H](CCCC[C@@H]3CCC(=O)C[C@@H]3O)C[C@H]1O)C(=O)CC2. The lowest BCUT2D eigenvalue weighted by Gasteiger charge is -2.40. The number of aliphatic hydroxyl groups is 2. The number of Topliss-reactive ketones (excluding diaryl/α,β-unsaturated/α-hetero) is 2. The van der Waals surface area contributed by atoms with Crippen molar-refractivity contribution in [2.24, 2.45) is 17.3 Å². The summed E-state index contributed by atoms with van der Waals surface area (Å²) < 4.78 is 5.23. The van der Waals surface area contributed by atoms with Gasteiger partial charge in [0.15, 0.2) is 17.3 Å². The fourth-order valence-electron chi connectivity index (χ4n) is 6.24. The van der Waals surface area contributed by atoms with Gasteiger partial charge in [0.05, 0.1) is 19.3 Å². The number of fused-ring (bicyclic) bond motifs is 1. The Labute approximate surface area is 208 Å². The Morgan fingerprint density at radius 1 is 1.06 bits per heavy atom. The maximum atomic E-state index is 13.3. The van der Waals surface area contributed by atoms with E-state index >= 15 is 0 Å². The fourth-order valence-corrected chi connectivity index (χ4v) is 6.24. The number of hydrogen-bond donors (Lipinski definition) is 3. The van der Waals surface area contributed by atoms with E-state index in [0.717, 1.165) is 49.7 Å². The Hall–Kier alpha value is -2.36. The van der Waals surface area contributed by atoms with E-state index in [-0.39, 0.29) is 23.2 Å². The van der Waals surface area contributed by atoms with Gasteiger partial charge >= 0.3 is 0 Å². The van der Waals surface area contributed by atoms with Crippen molar-refractivity contribution in [2.75, 3.05) is 7.11 Å². The molecule has 190 valence electrons. The monoisotopic (exact) mass is 482 g/mol. The van der Waals surface area contributed by atoms with E-state index in [0.29, 0.717) is 56.6 Å². The van der Waals surface area contributed by atoms with E-state index in [1.54, 1.807) is 12.1 Å². The predicted octanol–water partition coefficient (Wildman–Crippen LogP) is 3.90. The van der Waals surface area contributed by atoms with Crippen molar-refractivity contribution in [3.05, 3.63) is 23.3 Å². The third-order valence-corrected chi connectivity index (χ3v) is 8.49. The van der Waals surface area contributed by atoms with Crippen LogP contribution < -0.4 is 4.74 Å². The van der Waals surface area contributed by atoms with Crippen LogP contribution in [0.1, 0.15) is 81.8 Å². The lowest BCUT2D eigenvalue weighted by molar-refractivity contribution is -0.134. The smallest absolute Gasteiger partial charge is 0.160 e. The number of phenolic OH excluding ortho intramolecular Hbond substituents is 1. The van der Waals surface area contributed by atoms with Gasteiger partial charge in [0.1, 0.15) is 11.2 Å². The van der Waals surface area contributed by atoms with Crippen LogP contribution in [-0.4, -0.2) is 46.2 Å². The van der Waals surface area contributed by atoms with Gasteiger partial charge in [0.2, 0.25) is 0 Å². The topological polar surface area (TPSA) is 104 Å². The highest BCUT2D eigenvalue weighted by Crippen LogP contribution is 2.43. The minimum atomic E-state index is -0.997. The normalized spacial score (nSPS) is 31.1. The molecule has 6 nitrogen and oxygen atoms in total. The fraction of sp³-hybridized carbons (Fsp3) is 0.655. The highest BCUT2D eigenvalue weighted by atomic mass is 16.5. The molecule has 4 rings (SSSR count). The number of rotatable bonds is 6. The minimum absolute atomic E-state index is 0.0108. The van der Waals surface area contributed by atoms with Crippen molar-refractivity contribution < 1.29 is 29.6 Å². The van der Waals surface area contributed by atoms with E-state index in [2.05, 4.69) is 11.8 Å². The molecule has 0 heterocycles. The summed E-state index contributed by atoms with van der Waals surface area (Å²) in [4.78, 5) is 24.8. The van der Waals surface area contributed by atoms with Gasteiger partial charge in [-0.3, -0.25) is 9.59 Å². The maximum Gasteiger partial charge on any atom is 0.160 e. The first-order valence-corrected chi connectivity index (χ1v) is 13.1. The van der Waals surface area contributed by atoms with Gasteiger partial charge in [-0.05, 0) is 73.6 Å². The number of unbranched alkanes of at least 4 members (excludes halogenated alkanes) is 1. The number of carbonyl (C=O) groups is 2. The van der Waals surface area contributed by atoms with E-state index < -0.39 is 17.6 Å². The van der Waals surface area contributed by atoms with Crippen molar-refractivity contribution in [2.45, 2.75) is 95.7 Å². The van der Waals surface area contributed by atoms with Crippen molar-refractivity contribution in [1.29, 1.82) is 0 Å². The zero-order valence-corrected chi connectivity index (χ0v) is 20.7. The van der Waals surface area contributed by atoms with Gasteiger partial charge in [-0.1, -0.05) is 31.1 Å². The second kappa shape index (κ2) is 11.1. The largest absolute Gasteiger partial charge is 0.504 e. The van der Waals surface area contributed by atoms with Crippen molar-refractivity contribution in [3.8, 4) is 23.3 Å². The molecule has 3 N–H and O–H groups in total. The molecule has 0 aliphatic heterocycles. The Bertz CT molecular complexity index is 1000. The molecule has 0 radical (unpaired) electrons. The zero-order valence-electron chi connectivity index (χ0n) is 20.7. The first-order chi connectivity index (χ1) is 16.8. The molecule has 0 bridgehead atoms. The van der Waals surface area contributed by atoms with E-state index in [9.17, 15) is 24.9 Å². The molecule has 2 fully saturated rings. The standard InChI is InChI=1S/C29H38O6/c1-35-26-17-22-9-11-27(33)29(13-4-7-21(22)16-25(26)32)14-12-19(15-28(29)34)5-2-3-6-20-8-10-23(30)18-24(20)31/h16-17,19-20,24,28,31-32,34H,2-3,5-12,14-15,18H2,1H3/t19-,20-,24+,28-,29-/m1/s1. The first-order valence-electron chi connectivity index (χ1n) is 13.1. The van der Waals surface area contributed by atoms with Crippen LogP contribution in [0.3, 0.4) is 0 Å². The van der Waals surface area contributed by atoms with Crippen LogP contribution in [0.2, 0.25) is 0 Å². The van der Waals surface area contributed by atoms with Gasteiger partial charge in [-0.15, -0.1) is 0 Å². The molecule has 0 amide bonds. The Kier molecular flexibility index (Phi) is 8.19. The summed E-state index contributed by atoms with van der Waals surface area (Å²) in [6.07, 6.45) is 7.73. The number of phenols is 1. The van der Waals surface area contributed by atoms with Gasteiger partial charge in [0.25, 0.3) is 0 Å². The number of carbonyl (C=O) groups excluding carboxylic acids is 2. The summed E-state index contributed by atoms with van der Waals surface area (Å²) in [5.74, 6) is 7.58. The number of aromatic hydroxyl groups is 1. The van der Waals surface area contributed by atoms with E-state index in [4.69, 9.17) is 4.74 Å². The molecule has 1 aromatic carbocycles. The van der Waals surface area contributed by atoms with Crippen LogP contribution >= 0.6 is 0 Å². The molecule has 3 aliphatic carbocycles. The summed E-state index contributed by atoms with van der Waals surface area (Å²) in [6, 6.07) is 3.46. The molecule has 0 saturated heterocycles. The van der Waals surface area contributed by atoms with E-state index in [1.165, 1.54) is 7.11 Å². The number of ketones is 2. The third-order valence-electron chi connectivity index (χ3n) is 8.49. The molecule has 35 heavy (non-hydrogen) atoms. The van der Waals surface area contributed by atoms with Crippen LogP contribution in [0, 0.1) is 29.1 Å². The average Bonchev–Trinajstić information content (AvgIpc) is 2.89. The van der Waals surface area contributed by atoms with Crippen LogP contribution in [0.4, 0.5) is 0 Å². The number of aliphatic hydroxyl groups excluding tert-OH is 2. The van der Waals surface area contributed by atoms with Gasteiger partial charge in [-0.25, -0.2) is 0 Å². The van der Waals surface area contributed by atoms with Gasteiger partial charge in [-0.2, -0.15) is 0 Å². The molecule has 2 saturated carbocycles. The number of aryl methyl sites for hydroxylation is 1. The Balaban J connectivity index is 1.32. The summed E-state index contributed by atoms with van der Waals surface area (Å²) >= 11 is 0. The van der Waals surface area contributed by atoms with Crippen LogP contribution in [0.5, 0.6) is 11.5 Å². The quantitative estimate of drug-likeness (QED) is 0.420. The maximum absolute atomic E-state index is 13.3. The van der Waals surface area contributed by atoms with Crippen molar-refractivity contribution >= 4 is 11.6 Å². The summed E-state index contributed by atoms with van der Waals surface area (Å²) in [5, 5.41) is 31.4. The molecular weight excluding hydrogens is 444 g/mol. The molecule has 6 heteroatoms. The molecule has 0 aromatic heterocycles. The van der Waals surface area contributed by atoms with Gasteiger partial charge in [0, 0.05) is 25.7 Å². The minimum Gasteiger partial charge on any atom is -0.504 e. The van der Waals surface area contributed by atoms with Crippen molar-refractivity contribution in [3.63, 3.8) is 0 Å². The number of ether oxygens (including phenoxy) is 1. The Morgan fingerprint density at radius 3 is 2.60 bits per heavy atom. The lowest BCUT2D eigenvalue weighted by atomic mass is 9.65. The second-order valence-electron chi connectivity index (χ2n) is 10.7.